The van der Waals surface area contributed by atoms with Gasteiger partial charge >= 0.3 is 5.97 Å². The Kier molecular flexibility index (Phi) is 5.74. The lowest BCUT2D eigenvalue weighted by molar-refractivity contribution is -0.443. The predicted octanol–water partition coefficient (Wildman–Crippen LogP) is 1.66. The third kappa shape index (κ3) is 3.47. The molecule has 1 unspecified atom stereocenters. The van der Waals surface area contributed by atoms with Crippen LogP contribution < -0.4 is 5.73 Å². The number of esters is 1. The number of ether oxygens (including phenoxy) is 1. The maximum atomic E-state index is 12.5. The highest BCUT2D eigenvalue weighted by atomic mass is 35.5. The van der Waals surface area contributed by atoms with Gasteiger partial charge in [-0.25, -0.2) is 4.79 Å². The minimum atomic E-state index is -1.77. The standard InChI is InChI=1S/C17H16ClN3O4/c1-25-16(22)17(19,12-7-9-13(18)10-8-12)15(21-24)14(20-23)11-5-3-2-4-6-11/h2-10,23-24H,19H2,1H3/p+1. The van der Waals surface area contributed by atoms with Gasteiger partial charge in [-0.15, -0.1) is 0 Å². The summed E-state index contributed by atoms with van der Waals surface area (Å²) < 4.78 is 4.85. The molecule has 130 valence electrons. The highest BCUT2D eigenvalue weighted by molar-refractivity contribution is 6.53. The Morgan fingerprint density at radius 2 is 1.68 bits per heavy atom. The van der Waals surface area contributed by atoms with E-state index in [0.717, 1.165) is 0 Å². The third-order valence-corrected chi connectivity index (χ3v) is 4.00. The van der Waals surface area contributed by atoms with Gasteiger partial charge in [-0.3, -0.25) is 0 Å². The molecule has 1 atom stereocenters. The van der Waals surface area contributed by atoms with Gasteiger partial charge in [-0.2, -0.15) is 0 Å². The number of nitrogens with zero attached hydrogens (tertiary/aromatic N) is 2. The first kappa shape index (κ1) is 18.4. The first-order valence-electron chi connectivity index (χ1n) is 7.19. The molecule has 0 radical (unpaired) electrons. The fourth-order valence-corrected chi connectivity index (χ4v) is 2.56. The zero-order valence-corrected chi connectivity index (χ0v) is 14.1. The lowest BCUT2D eigenvalue weighted by atomic mass is 9.82. The van der Waals surface area contributed by atoms with Crippen molar-refractivity contribution in [3.63, 3.8) is 0 Å². The van der Waals surface area contributed by atoms with Crippen molar-refractivity contribution in [2.75, 3.05) is 7.11 Å². The average Bonchev–Trinajstić information content (AvgIpc) is 2.65. The van der Waals surface area contributed by atoms with Crippen LogP contribution in [0.4, 0.5) is 0 Å². The number of carbonyl (C=O) groups excluding carboxylic acids is 1. The SMILES string of the molecule is COC(=O)C([NH3+])(C(=NO)C(=NO)c1ccccc1)c1ccc(Cl)cc1. The number of hydrogen-bond acceptors (Lipinski definition) is 6. The summed E-state index contributed by atoms with van der Waals surface area (Å²) in [5.41, 5.74) is 2.54. The van der Waals surface area contributed by atoms with Gasteiger partial charge in [-0.1, -0.05) is 64.4 Å². The molecule has 0 bridgehead atoms. The van der Waals surface area contributed by atoms with Gasteiger partial charge in [-0.05, 0) is 12.1 Å². The molecule has 0 fully saturated rings. The van der Waals surface area contributed by atoms with Crippen molar-refractivity contribution in [3.8, 4) is 0 Å². The lowest BCUT2D eigenvalue weighted by Gasteiger charge is -2.24. The van der Waals surface area contributed by atoms with E-state index in [4.69, 9.17) is 16.3 Å². The van der Waals surface area contributed by atoms with E-state index in [2.05, 4.69) is 16.0 Å². The van der Waals surface area contributed by atoms with Crippen molar-refractivity contribution in [1.29, 1.82) is 0 Å². The third-order valence-electron chi connectivity index (χ3n) is 3.75. The van der Waals surface area contributed by atoms with Crippen LogP contribution in [0, 0.1) is 0 Å². The quantitative estimate of drug-likeness (QED) is 0.324. The smallest absolute Gasteiger partial charge is 0.379 e. The van der Waals surface area contributed by atoms with Gasteiger partial charge in [0.2, 0.25) is 0 Å². The summed E-state index contributed by atoms with van der Waals surface area (Å²) in [5.74, 6) is -0.792. The maximum Gasteiger partial charge on any atom is 0.379 e. The molecule has 7 nitrogen and oxygen atoms in total. The van der Waals surface area contributed by atoms with E-state index < -0.39 is 11.5 Å². The van der Waals surface area contributed by atoms with Crippen molar-refractivity contribution in [2.45, 2.75) is 5.54 Å². The molecule has 0 aliphatic carbocycles. The van der Waals surface area contributed by atoms with E-state index in [9.17, 15) is 15.2 Å². The Labute approximate surface area is 149 Å². The molecule has 0 aromatic heterocycles. The molecule has 0 aliphatic heterocycles. The van der Waals surface area contributed by atoms with Gasteiger partial charge in [0.15, 0.2) is 5.71 Å². The number of halogens is 1. The Morgan fingerprint density at radius 3 is 2.16 bits per heavy atom. The highest BCUT2D eigenvalue weighted by Gasteiger charge is 2.50. The van der Waals surface area contributed by atoms with Gasteiger partial charge in [0.1, 0.15) is 5.71 Å². The number of hydrogen-bond donors (Lipinski definition) is 3. The Bertz CT molecular complexity index is 806. The van der Waals surface area contributed by atoms with Crippen molar-refractivity contribution in [1.82, 2.24) is 0 Å². The molecule has 0 spiro atoms. The lowest BCUT2D eigenvalue weighted by Crippen LogP contribution is -2.79. The van der Waals surface area contributed by atoms with E-state index in [1.807, 2.05) is 0 Å². The van der Waals surface area contributed by atoms with Crippen LogP contribution >= 0.6 is 11.6 Å². The first-order chi connectivity index (χ1) is 12.0. The minimum Gasteiger partial charge on any atom is -0.464 e. The molecule has 2 aromatic rings. The van der Waals surface area contributed by atoms with Crippen molar-refractivity contribution >= 4 is 29.0 Å². The monoisotopic (exact) mass is 362 g/mol. The summed E-state index contributed by atoms with van der Waals surface area (Å²) in [6, 6.07) is 14.7. The topological polar surface area (TPSA) is 119 Å². The van der Waals surface area contributed by atoms with E-state index in [-0.39, 0.29) is 11.4 Å². The highest BCUT2D eigenvalue weighted by Crippen LogP contribution is 2.24. The Morgan fingerprint density at radius 1 is 1.08 bits per heavy atom. The van der Waals surface area contributed by atoms with E-state index in [0.29, 0.717) is 16.1 Å². The van der Waals surface area contributed by atoms with Crippen LogP contribution in [0.3, 0.4) is 0 Å². The summed E-state index contributed by atoms with van der Waals surface area (Å²) in [7, 11) is 1.19. The van der Waals surface area contributed by atoms with Crippen molar-refractivity contribution in [3.05, 3.63) is 70.7 Å². The number of rotatable bonds is 5. The Hall–Kier alpha value is -2.90. The van der Waals surface area contributed by atoms with Crippen LogP contribution in [-0.2, 0) is 15.1 Å². The second kappa shape index (κ2) is 7.78. The molecule has 2 rings (SSSR count). The van der Waals surface area contributed by atoms with Crippen LogP contribution in [0.5, 0.6) is 0 Å². The zero-order chi connectivity index (χ0) is 18.4. The number of oxime groups is 2. The van der Waals surface area contributed by atoms with Crippen molar-refractivity contribution in [2.24, 2.45) is 10.3 Å². The zero-order valence-electron chi connectivity index (χ0n) is 13.4. The number of benzene rings is 2. The molecular formula is C17H17ClN3O4+. The molecule has 0 amide bonds. The van der Waals surface area contributed by atoms with Crippen LogP contribution in [0.25, 0.3) is 0 Å². The molecule has 0 saturated carbocycles. The van der Waals surface area contributed by atoms with E-state index in [1.165, 1.54) is 7.11 Å². The molecule has 8 heteroatoms. The van der Waals surface area contributed by atoms with Crippen LogP contribution in [0.2, 0.25) is 5.02 Å². The number of carbonyl (C=O) groups is 1. The second-order valence-electron chi connectivity index (χ2n) is 5.17. The molecule has 2 aromatic carbocycles. The molecule has 0 aliphatic rings. The predicted molar refractivity (Wildman–Crippen MR) is 92.0 cm³/mol. The summed E-state index contributed by atoms with van der Waals surface area (Å²) >= 11 is 5.89. The van der Waals surface area contributed by atoms with Crippen LogP contribution in [-0.4, -0.2) is 34.9 Å². The fourth-order valence-electron chi connectivity index (χ4n) is 2.43. The summed E-state index contributed by atoms with van der Waals surface area (Å²) in [5, 5.41) is 26.0. The maximum absolute atomic E-state index is 12.5. The number of quaternary nitrogens is 1. The minimum absolute atomic E-state index is 0.113. The number of methoxy groups -OCH3 is 1. The summed E-state index contributed by atoms with van der Waals surface area (Å²) in [4.78, 5) is 12.5. The van der Waals surface area contributed by atoms with Gasteiger partial charge in [0.05, 0.1) is 7.11 Å². The van der Waals surface area contributed by atoms with Crippen LogP contribution in [0.1, 0.15) is 11.1 Å². The van der Waals surface area contributed by atoms with Gasteiger partial charge in [0, 0.05) is 16.1 Å². The molecule has 25 heavy (non-hydrogen) atoms. The molecular weight excluding hydrogens is 346 g/mol. The second-order valence-corrected chi connectivity index (χ2v) is 5.60. The summed E-state index contributed by atoms with van der Waals surface area (Å²) in [6.07, 6.45) is 0. The van der Waals surface area contributed by atoms with Crippen LogP contribution in [0.15, 0.2) is 64.9 Å². The summed E-state index contributed by atoms with van der Waals surface area (Å²) in [6.45, 7) is 0. The molecule has 0 saturated heterocycles. The first-order valence-corrected chi connectivity index (χ1v) is 7.57. The average molecular weight is 363 g/mol. The normalized spacial score (nSPS) is 14.7. The van der Waals surface area contributed by atoms with Gasteiger partial charge < -0.3 is 20.9 Å². The van der Waals surface area contributed by atoms with E-state index in [1.54, 1.807) is 54.6 Å². The largest absolute Gasteiger partial charge is 0.464 e. The molecule has 5 N–H and O–H groups in total. The Balaban J connectivity index is 2.66. The van der Waals surface area contributed by atoms with Crippen molar-refractivity contribution < 1.29 is 25.7 Å². The van der Waals surface area contributed by atoms with Gasteiger partial charge in [0.25, 0.3) is 5.54 Å². The fraction of sp³-hybridized carbons (Fsp3) is 0.118. The van der Waals surface area contributed by atoms with E-state index >= 15 is 0 Å². The molecule has 0 heterocycles.